The van der Waals surface area contributed by atoms with Crippen LogP contribution in [0, 0.1) is 0 Å². The van der Waals surface area contributed by atoms with Crippen LogP contribution in [0.4, 0.5) is 0 Å². The highest BCUT2D eigenvalue weighted by Gasteiger charge is 2.29. The van der Waals surface area contributed by atoms with Crippen molar-refractivity contribution in [3.05, 3.63) is 30.9 Å². The second kappa shape index (κ2) is 8.83. The maximum atomic E-state index is 13.1. The normalized spacial score (nSPS) is 17.3. The lowest BCUT2D eigenvalue weighted by molar-refractivity contribution is -0.137. The summed E-state index contributed by atoms with van der Waals surface area (Å²) in [6.45, 7) is 5.33. The smallest absolute Gasteiger partial charge is 0.246 e. The van der Waals surface area contributed by atoms with Crippen molar-refractivity contribution < 1.29 is 27.5 Å². The Labute approximate surface area is 170 Å². The SMILES string of the molecule is C=CC(=O)N(C)CC(=O)N1CCCN(S(=O)(=O)c2ccc3c(c2)OCCO3)CC1. The first-order valence-electron chi connectivity index (χ1n) is 9.38. The van der Waals surface area contributed by atoms with Crippen molar-refractivity contribution in [3.8, 4) is 11.5 Å². The molecule has 0 spiro atoms. The molecule has 0 unspecified atom stereocenters. The van der Waals surface area contributed by atoms with Gasteiger partial charge in [-0.25, -0.2) is 8.42 Å². The average Bonchev–Trinajstić information content (AvgIpc) is 2.99. The molecule has 2 amide bonds. The number of carbonyl (C=O) groups excluding carboxylic acids is 2. The van der Waals surface area contributed by atoms with Crippen molar-refractivity contribution in [2.24, 2.45) is 0 Å². The van der Waals surface area contributed by atoms with E-state index in [1.807, 2.05) is 0 Å². The predicted octanol–water partition coefficient (Wildman–Crippen LogP) is 0.325. The third-order valence-corrected chi connectivity index (χ3v) is 6.78. The zero-order valence-corrected chi connectivity index (χ0v) is 17.2. The Bertz CT molecular complexity index is 901. The highest BCUT2D eigenvalue weighted by Crippen LogP contribution is 2.33. The minimum atomic E-state index is -3.73. The molecule has 0 radical (unpaired) electrons. The summed E-state index contributed by atoms with van der Waals surface area (Å²) in [5.41, 5.74) is 0. The minimum absolute atomic E-state index is 0.0697. The van der Waals surface area contributed by atoms with E-state index in [2.05, 4.69) is 6.58 Å². The fourth-order valence-corrected chi connectivity index (χ4v) is 4.74. The van der Waals surface area contributed by atoms with Gasteiger partial charge in [0.05, 0.1) is 11.4 Å². The van der Waals surface area contributed by atoms with Crippen molar-refractivity contribution in [1.29, 1.82) is 0 Å². The van der Waals surface area contributed by atoms with Gasteiger partial charge in [-0.1, -0.05) is 6.58 Å². The van der Waals surface area contributed by atoms with E-state index in [0.717, 1.165) is 6.08 Å². The molecule has 2 heterocycles. The van der Waals surface area contributed by atoms with Gasteiger partial charge in [0.2, 0.25) is 21.8 Å². The number of hydrogen-bond donors (Lipinski definition) is 0. The Balaban J connectivity index is 1.67. The van der Waals surface area contributed by atoms with Crippen LogP contribution in [0.5, 0.6) is 11.5 Å². The number of sulfonamides is 1. The molecule has 1 saturated heterocycles. The van der Waals surface area contributed by atoms with Crippen LogP contribution >= 0.6 is 0 Å². The lowest BCUT2D eigenvalue weighted by Crippen LogP contribution is -2.42. The summed E-state index contributed by atoms with van der Waals surface area (Å²) >= 11 is 0. The summed E-state index contributed by atoms with van der Waals surface area (Å²) in [4.78, 5) is 27.0. The van der Waals surface area contributed by atoms with Crippen LogP contribution in [-0.2, 0) is 19.6 Å². The van der Waals surface area contributed by atoms with Crippen LogP contribution in [0.1, 0.15) is 6.42 Å². The van der Waals surface area contributed by atoms with Gasteiger partial charge in [0.25, 0.3) is 0 Å². The third-order valence-electron chi connectivity index (χ3n) is 4.88. The van der Waals surface area contributed by atoms with E-state index in [9.17, 15) is 18.0 Å². The number of benzene rings is 1. The number of hydrogen-bond acceptors (Lipinski definition) is 6. The lowest BCUT2D eigenvalue weighted by Gasteiger charge is -2.24. The molecule has 2 aliphatic rings. The summed E-state index contributed by atoms with van der Waals surface area (Å²) in [6.07, 6.45) is 1.66. The molecule has 0 aliphatic carbocycles. The molecule has 0 atom stereocenters. The molecule has 3 rings (SSSR count). The van der Waals surface area contributed by atoms with Crippen LogP contribution < -0.4 is 9.47 Å². The van der Waals surface area contributed by atoms with E-state index in [-0.39, 0.29) is 36.3 Å². The number of carbonyl (C=O) groups is 2. The number of fused-ring (bicyclic) bond motifs is 1. The highest BCUT2D eigenvalue weighted by molar-refractivity contribution is 7.89. The Morgan fingerprint density at radius 3 is 2.59 bits per heavy atom. The number of nitrogens with zero attached hydrogens (tertiary/aromatic N) is 3. The lowest BCUT2D eigenvalue weighted by atomic mass is 10.3. The van der Waals surface area contributed by atoms with Crippen molar-refractivity contribution in [1.82, 2.24) is 14.1 Å². The summed E-state index contributed by atoms with van der Waals surface area (Å²) in [5, 5.41) is 0. The molecule has 0 saturated carbocycles. The zero-order chi connectivity index (χ0) is 21.0. The van der Waals surface area contributed by atoms with Gasteiger partial charge < -0.3 is 19.3 Å². The van der Waals surface area contributed by atoms with E-state index in [4.69, 9.17) is 9.47 Å². The maximum Gasteiger partial charge on any atom is 0.246 e. The number of likely N-dealkylation sites (N-methyl/N-ethyl adjacent to an activating group) is 1. The Morgan fingerprint density at radius 1 is 1.14 bits per heavy atom. The minimum Gasteiger partial charge on any atom is -0.486 e. The quantitative estimate of drug-likeness (QED) is 0.633. The fraction of sp³-hybridized carbons (Fsp3) is 0.474. The molecular weight excluding hydrogens is 398 g/mol. The van der Waals surface area contributed by atoms with E-state index in [1.54, 1.807) is 11.0 Å². The largest absolute Gasteiger partial charge is 0.486 e. The fourth-order valence-electron chi connectivity index (χ4n) is 3.25. The first-order valence-corrected chi connectivity index (χ1v) is 10.8. The molecule has 0 N–H and O–H groups in total. The van der Waals surface area contributed by atoms with Crippen LogP contribution in [0.25, 0.3) is 0 Å². The van der Waals surface area contributed by atoms with Gasteiger partial charge in [0.15, 0.2) is 11.5 Å². The second-order valence-corrected chi connectivity index (χ2v) is 8.78. The van der Waals surface area contributed by atoms with Gasteiger partial charge in [-0.15, -0.1) is 0 Å². The van der Waals surface area contributed by atoms with E-state index >= 15 is 0 Å². The predicted molar refractivity (Wildman–Crippen MR) is 105 cm³/mol. The Kier molecular flexibility index (Phi) is 6.43. The molecular formula is C19H25N3O6S. The Morgan fingerprint density at radius 2 is 1.86 bits per heavy atom. The van der Waals surface area contributed by atoms with Crippen molar-refractivity contribution >= 4 is 21.8 Å². The number of ether oxygens (including phenoxy) is 2. The van der Waals surface area contributed by atoms with E-state index in [1.165, 1.54) is 28.4 Å². The molecule has 0 aromatic heterocycles. The Hall–Kier alpha value is -2.59. The number of amides is 2. The van der Waals surface area contributed by atoms with Crippen LogP contribution in [-0.4, -0.2) is 87.3 Å². The standard InChI is InChI=1S/C19H25N3O6S/c1-3-18(23)20(2)14-19(24)21-7-4-8-22(10-9-21)29(25,26)15-5-6-16-17(13-15)28-12-11-27-16/h3,5-6,13H,1,4,7-12,14H2,2H3. The second-order valence-electron chi connectivity index (χ2n) is 6.84. The molecule has 2 aliphatic heterocycles. The molecule has 158 valence electrons. The highest BCUT2D eigenvalue weighted by atomic mass is 32.2. The first kappa shape index (κ1) is 21.1. The van der Waals surface area contributed by atoms with Crippen LogP contribution in [0.15, 0.2) is 35.7 Å². The van der Waals surface area contributed by atoms with Gasteiger partial charge >= 0.3 is 0 Å². The first-order chi connectivity index (χ1) is 13.8. The molecule has 29 heavy (non-hydrogen) atoms. The van der Waals surface area contributed by atoms with Crippen molar-refractivity contribution in [2.75, 3.05) is 53.0 Å². The zero-order valence-electron chi connectivity index (χ0n) is 16.4. The molecule has 1 aromatic rings. The average molecular weight is 423 g/mol. The number of rotatable bonds is 5. The molecule has 1 fully saturated rings. The third kappa shape index (κ3) is 4.70. The summed E-state index contributed by atoms with van der Waals surface area (Å²) < 4.78 is 38.4. The van der Waals surface area contributed by atoms with Gasteiger partial charge in [-0.2, -0.15) is 4.31 Å². The van der Waals surface area contributed by atoms with Gasteiger partial charge in [-0.3, -0.25) is 9.59 Å². The van der Waals surface area contributed by atoms with Crippen LogP contribution in [0.3, 0.4) is 0 Å². The van der Waals surface area contributed by atoms with Gasteiger partial charge in [0, 0.05) is 39.3 Å². The topological polar surface area (TPSA) is 96.5 Å². The molecule has 9 nitrogen and oxygen atoms in total. The summed E-state index contributed by atoms with van der Waals surface area (Å²) in [6, 6.07) is 4.58. The monoisotopic (exact) mass is 423 g/mol. The molecule has 0 bridgehead atoms. The van der Waals surface area contributed by atoms with Crippen molar-refractivity contribution in [3.63, 3.8) is 0 Å². The molecule has 1 aromatic carbocycles. The van der Waals surface area contributed by atoms with Gasteiger partial charge in [0.1, 0.15) is 13.2 Å². The maximum absolute atomic E-state index is 13.1. The van der Waals surface area contributed by atoms with E-state index < -0.39 is 10.0 Å². The summed E-state index contributed by atoms with van der Waals surface area (Å²) in [7, 11) is -2.20. The summed E-state index contributed by atoms with van der Waals surface area (Å²) in [5.74, 6) is 0.386. The van der Waals surface area contributed by atoms with Crippen molar-refractivity contribution in [2.45, 2.75) is 11.3 Å². The van der Waals surface area contributed by atoms with Gasteiger partial charge in [-0.05, 0) is 24.6 Å². The van der Waals surface area contributed by atoms with Crippen LogP contribution in [0.2, 0.25) is 0 Å². The van der Waals surface area contributed by atoms with E-state index in [0.29, 0.717) is 44.2 Å². The molecule has 10 heteroatoms.